The quantitative estimate of drug-likeness (QED) is 0.784. The van der Waals surface area contributed by atoms with Gasteiger partial charge in [-0.15, -0.1) is 0 Å². The van der Waals surface area contributed by atoms with Crippen LogP contribution in [0.3, 0.4) is 0 Å². The maximum atomic E-state index is 11.1. The van der Waals surface area contributed by atoms with Crippen molar-refractivity contribution < 1.29 is 19.1 Å². The maximum absolute atomic E-state index is 11.1. The van der Waals surface area contributed by atoms with Crippen molar-refractivity contribution in [2.45, 2.75) is 13.8 Å². The van der Waals surface area contributed by atoms with Gasteiger partial charge < -0.3 is 14.3 Å². The van der Waals surface area contributed by atoms with E-state index in [9.17, 15) is 4.79 Å². The van der Waals surface area contributed by atoms with E-state index in [1.54, 1.807) is 19.9 Å². The van der Waals surface area contributed by atoms with Crippen molar-refractivity contribution in [3.63, 3.8) is 0 Å². The van der Waals surface area contributed by atoms with Gasteiger partial charge in [-0.1, -0.05) is 18.2 Å². The lowest BCUT2D eigenvalue weighted by Gasteiger charge is -2.19. The molecule has 0 radical (unpaired) electrons. The van der Waals surface area contributed by atoms with Crippen LogP contribution in [0.5, 0.6) is 5.75 Å². The van der Waals surface area contributed by atoms with Crippen LogP contribution in [0.2, 0.25) is 0 Å². The fourth-order valence-corrected chi connectivity index (χ4v) is 2.12. The molecule has 0 atom stereocenters. The molecular weight excluding hydrogens is 268 g/mol. The van der Waals surface area contributed by atoms with E-state index >= 15 is 0 Å². The molecular formula is C17H16O4. The van der Waals surface area contributed by atoms with Gasteiger partial charge in [-0.3, -0.25) is 4.79 Å². The van der Waals surface area contributed by atoms with Gasteiger partial charge in [0.05, 0.1) is 5.41 Å². The Balaban J connectivity index is 1.94. The molecule has 21 heavy (non-hydrogen) atoms. The third-order valence-corrected chi connectivity index (χ3v) is 3.53. The smallest absolute Gasteiger partial charge is 0.312 e. The highest BCUT2D eigenvalue weighted by atomic mass is 16.5. The number of aliphatic carboxylic acids is 1. The molecule has 3 aromatic rings. The average Bonchev–Trinajstić information content (AvgIpc) is 2.83. The van der Waals surface area contributed by atoms with Gasteiger partial charge >= 0.3 is 5.97 Å². The van der Waals surface area contributed by atoms with Crippen LogP contribution in [0, 0.1) is 5.41 Å². The summed E-state index contributed by atoms with van der Waals surface area (Å²) in [7, 11) is 0. The number of hydrogen-bond acceptors (Lipinski definition) is 3. The van der Waals surface area contributed by atoms with Crippen LogP contribution < -0.4 is 4.74 Å². The molecule has 108 valence electrons. The topological polar surface area (TPSA) is 59.7 Å². The fourth-order valence-electron chi connectivity index (χ4n) is 2.12. The van der Waals surface area contributed by atoms with Gasteiger partial charge in [0.25, 0.3) is 0 Å². The lowest BCUT2D eigenvalue weighted by molar-refractivity contribution is -0.148. The molecule has 1 aromatic heterocycles. The van der Waals surface area contributed by atoms with E-state index in [4.69, 9.17) is 14.3 Å². The van der Waals surface area contributed by atoms with Crippen LogP contribution in [-0.4, -0.2) is 17.7 Å². The molecule has 0 bridgehead atoms. The zero-order valence-corrected chi connectivity index (χ0v) is 11.9. The second-order valence-corrected chi connectivity index (χ2v) is 5.73. The maximum Gasteiger partial charge on any atom is 0.312 e. The van der Waals surface area contributed by atoms with Crippen molar-refractivity contribution in [2.75, 3.05) is 6.61 Å². The van der Waals surface area contributed by atoms with E-state index in [0.29, 0.717) is 5.75 Å². The van der Waals surface area contributed by atoms with E-state index in [0.717, 1.165) is 21.9 Å². The van der Waals surface area contributed by atoms with E-state index in [1.807, 2.05) is 36.4 Å². The number of rotatable bonds is 4. The van der Waals surface area contributed by atoms with Crippen molar-refractivity contribution in [1.82, 2.24) is 0 Å². The van der Waals surface area contributed by atoms with Gasteiger partial charge in [-0.2, -0.15) is 0 Å². The standard InChI is InChI=1S/C17H16O4/c1-17(2,16(18)19)10-20-11-7-8-15-13(9-11)12-5-3-4-6-14(12)21-15/h3-9H,10H2,1-2H3,(H,18,19). The van der Waals surface area contributed by atoms with Crippen molar-refractivity contribution in [3.05, 3.63) is 42.5 Å². The van der Waals surface area contributed by atoms with Gasteiger partial charge in [0.2, 0.25) is 0 Å². The lowest BCUT2D eigenvalue weighted by Crippen LogP contribution is -2.30. The zero-order chi connectivity index (χ0) is 15.0. The van der Waals surface area contributed by atoms with Gasteiger partial charge in [0.15, 0.2) is 0 Å². The molecule has 4 nitrogen and oxygen atoms in total. The SMILES string of the molecule is CC(C)(COc1ccc2oc3ccccc3c2c1)C(=O)O. The number of para-hydroxylation sites is 1. The Kier molecular flexibility index (Phi) is 3.09. The number of carboxylic acids is 1. The number of ether oxygens (including phenoxy) is 1. The fraction of sp³-hybridized carbons (Fsp3) is 0.235. The van der Waals surface area contributed by atoms with E-state index in [-0.39, 0.29) is 6.61 Å². The van der Waals surface area contributed by atoms with Crippen LogP contribution in [0.4, 0.5) is 0 Å². The Hall–Kier alpha value is -2.49. The second kappa shape index (κ2) is 4.81. The molecule has 0 saturated heterocycles. The second-order valence-electron chi connectivity index (χ2n) is 5.73. The molecule has 0 amide bonds. The van der Waals surface area contributed by atoms with Gasteiger partial charge in [-0.05, 0) is 38.1 Å². The first-order chi connectivity index (χ1) is 9.97. The molecule has 2 aromatic carbocycles. The van der Waals surface area contributed by atoms with Crippen molar-refractivity contribution in [1.29, 1.82) is 0 Å². The van der Waals surface area contributed by atoms with Gasteiger partial charge in [0.1, 0.15) is 23.5 Å². The molecule has 0 fully saturated rings. The Morgan fingerprint density at radius 1 is 1.14 bits per heavy atom. The molecule has 3 rings (SSSR count). The summed E-state index contributed by atoms with van der Waals surface area (Å²) < 4.78 is 11.4. The van der Waals surface area contributed by atoms with Crippen molar-refractivity contribution in [2.24, 2.45) is 5.41 Å². The summed E-state index contributed by atoms with van der Waals surface area (Å²) in [5.41, 5.74) is 0.699. The minimum atomic E-state index is -0.923. The number of fused-ring (bicyclic) bond motifs is 3. The summed E-state index contributed by atoms with van der Waals surface area (Å²) in [6, 6.07) is 13.3. The predicted molar refractivity (Wildman–Crippen MR) is 80.6 cm³/mol. The first-order valence-electron chi connectivity index (χ1n) is 6.75. The number of carboxylic acid groups (broad SMARTS) is 1. The van der Waals surface area contributed by atoms with Crippen LogP contribution in [0.25, 0.3) is 21.9 Å². The third kappa shape index (κ3) is 2.44. The monoisotopic (exact) mass is 284 g/mol. The zero-order valence-electron chi connectivity index (χ0n) is 11.9. The molecule has 0 aliphatic carbocycles. The van der Waals surface area contributed by atoms with E-state index < -0.39 is 11.4 Å². The highest BCUT2D eigenvalue weighted by Crippen LogP contribution is 2.31. The van der Waals surface area contributed by atoms with E-state index in [2.05, 4.69) is 0 Å². The lowest BCUT2D eigenvalue weighted by atomic mass is 9.95. The van der Waals surface area contributed by atoms with Crippen LogP contribution in [0.1, 0.15) is 13.8 Å². The van der Waals surface area contributed by atoms with Gasteiger partial charge in [-0.25, -0.2) is 0 Å². The molecule has 1 heterocycles. The van der Waals surface area contributed by atoms with E-state index in [1.165, 1.54) is 0 Å². The Morgan fingerprint density at radius 3 is 2.62 bits per heavy atom. The molecule has 0 aliphatic heterocycles. The van der Waals surface area contributed by atoms with Crippen LogP contribution in [-0.2, 0) is 4.79 Å². The predicted octanol–water partition coefficient (Wildman–Crippen LogP) is 4.08. The minimum Gasteiger partial charge on any atom is -0.492 e. The largest absolute Gasteiger partial charge is 0.492 e. The summed E-state index contributed by atoms with van der Waals surface area (Å²) in [6.45, 7) is 3.39. The van der Waals surface area contributed by atoms with Crippen molar-refractivity contribution >= 4 is 27.9 Å². The minimum absolute atomic E-state index is 0.115. The Bertz CT molecular complexity index is 814. The number of benzene rings is 2. The molecule has 0 aliphatic rings. The number of carbonyl (C=O) groups is 1. The first-order valence-corrected chi connectivity index (χ1v) is 6.75. The Morgan fingerprint density at radius 2 is 1.86 bits per heavy atom. The molecule has 0 spiro atoms. The number of hydrogen-bond donors (Lipinski definition) is 1. The third-order valence-electron chi connectivity index (χ3n) is 3.53. The summed E-state index contributed by atoms with van der Waals surface area (Å²) in [4.78, 5) is 11.1. The average molecular weight is 284 g/mol. The highest BCUT2D eigenvalue weighted by Gasteiger charge is 2.28. The highest BCUT2D eigenvalue weighted by molar-refractivity contribution is 6.05. The summed E-state index contributed by atoms with van der Waals surface area (Å²) in [5.74, 6) is -0.235. The van der Waals surface area contributed by atoms with Crippen LogP contribution >= 0.6 is 0 Å². The normalized spacial score (nSPS) is 11.9. The number of furan rings is 1. The first kappa shape index (κ1) is 13.5. The summed E-state index contributed by atoms with van der Waals surface area (Å²) in [6.07, 6.45) is 0. The molecule has 1 N–H and O–H groups in total. The molecule has 0 unspecified atom stereocenters. The summed E-state index contributed by atoms with van der Waals surface area (Å²) in [5, 5.41) is 11.1. The Labute approximate surface area is 121 Å². The molecule has 4 heteroatoms. The van der Waals surface area contributed by atoms with Gasteiger partial charge in [0, 0.05) is 10.8 Å². The molecule has 0 saturated carbocycles. The van der Waals surface area contributed by atoms with Crippen LogP contribution in [0.15, 0.2) is 46.9 Å². The van der Waals surface area contributed by atoms with Crippen molar-refractivity contribution in [3.8, 4) is 5.75 Å². The summed E-state index contributed by atoms with van der Waals surface area (Å²) >= 11 is 0.